The van der Waals surface area contributed by atoms with Crippen LogP contribution < -0.4 is 10.5 Å². The third-order valence-corrected chi connectivity index (χ3v) is 5.57. The molecular formula is C19H25N3OS. The molecule has 3 aromatic rings. The van der Waals surface area contributed by atoms with Gasteiger partial charge in [0.1, 0.15) is 4.70 Å². The largest absolute Gasteiger partial charge is 0.377 e. The van der Waals surface area contributed by atoms with Gasteiger partial charge in [0.2, 0.25) is 0 Å². The summed E-state index contributed by atoms with van der Waals surface area (Å²) < 4.78 is 3.68. The van der Waals surface area contributed by atoms with E-state index in [0.717, 1.165) is 39.0 Å². The number of aromatic nitrogens is 2. The van der Waals surface area contributed by atoms with E-state index in [4.69, 9.17) is 0 Å². The monoisotopic (exact) mass is 343 g/mol. The molecule has 2 heterocycles. The second kappa shape index (κ2) is 7.34. The molecule has 0 amide bonds. The van der Waals surface area contributed by atoms with Gasteiger partial charge in [0.25, 0.3) is 5.56 Å². The average molecular weight is 343 g/mol. The quantitative estimate of drug-likeness (QED) is 0.586. The van der Waals surface area contributed by atoms with Crippen LogP contribution in [0.3, 0.4) is 0 Å². The fourth-order valence-corrected chi connectivity index (χ4v) is 4.24. The summed E-state index contributed by atoms with van der Waals surface area (Å²) in [5, 5.41) is 1.09. The Kier molecular flexibility index (Phi) is 5.19. The number of benzene rings is 1. The number of hydrogen-bond donors (Lipinski definition) is 0. The predicted octanol–water partition coefficient (Wildman–Crippen LogP) is 4.65. The normalized spacial score (nSPS) is 11.5. The molecule has 0 bridgehead atoms. The van der Waals surface area contributed by atoms with Crippen LogP contribution in [0.4, 0.5) is 5.69 Å². The van der Waals surface area contributed by atoms with Crippen molar-refractivity contribution < 1.29 is 0 Å². The van der Waals surface area contributed by atoms with E-state index in [2.05, 4.69) is 28.9 Å². The Bertz CT molecular complexity index is 895. The lowest BCUT2D eigenvalue weighted by molar-refractivity contribution is 0.556. The maximum Gasteiger partial charge on any atom is 0.271 e. The van der Waals surface area contributed by atoms with Gasteiger partial charge in [0.15, 0.2) is 0 Å². The molecule has 0 saturated carbocycles. The Labute approximate surface area is 146 Å². The summed E-state index contributed by atoms with van der Waals surface area (Å²) in [5.74, 6) is 0. The Morgan fingerprint density at radius 2 is 1.96 bits per heavy atom. The van der Waals surface area contributed by atoms with Gasteiger partial charge in [-0.3, -0.25) is 9.36 Å². The van der Waals surface area contributed by atoms with Crippen LogP contribution in [0.15, 0.2) is 29.3 Å². The standard InChI is InChI=1S/C19H25N3OS/c1-4-5-6-7-8-12-22-13-20-17-16-14(21(2)3)10-9-11-15(16)24-18(17)19(22)23/h9-11,13H,4-8,12H2,1-3H3. The van der Waals surface area contributed by atoms with Gasteiger partial charge in [-0.15, -0.1) is 11.3 Å². The van der Waals surface area contributed by atoms with Gasteiger partial charge in [-0.25, -0.2) is 4.98 Å². The predicted molar refractivity (Wildman–Crippen MR) is 104 cm³/mol. The number of aryl methyl sites for hydroxylation is 1. The van der Waals surface area contributed by atoms with Crippen molar-refractivity contribution in [2.45, 2.75) is 45.6 Å². The number of hydrogen-bond acceptors (Lipinski definition) is 4. The molecule has 2 aromatic heterocycles. The van der Waals surface area contributed by atoms with Crippen LogP contribution in [0.1, 0.15) is 39.0 Å². The third-order valence-electron chi connectivity index (χ3n) is 4.43. The second-order valence-corrected chi connectivity index (χ2v) is 7.53. The Morgan fingerprint density at radius 1 is 1.17 bits per heavy atom. The van der Waals surface area contributed by atoms with Gasteiger partial charge in [-0.1, -0.05) is 38.7 Å². The molecular weight excluding hydrogens is 318 g/mol. The molecule has 0 fully saturated rings. The topological polar surface area (TPSA) is 38.1 Å². The second-order valence-electron chi connectivity index (χ2n) is 6.48. The third kappa shape index (κ3) is 3.18. The van der Waals surface area contributed by atoms with Gasteiger partial charge in [0.05, 0.1) is 11.8 Å². The number of nitrogens with zero attached hydrogens (tertiary/aromatic N) is 3. The fourth-order valence-electron chi connectivity index (χ4n) is 3.11. The van der Waals surface area contributed by atoms with Gasteiger partial charge in [-0.05, 0) is 18.6 Å². The van der Waals surface area contributed by atoms with E-state index in [0.29, 0.717) is 0 Å². The van der Waals surface area contributed by atoms with Crippen molar-refractivity contribution in [1.29, 1.82) is 0 Å². The van der Waals surface area contributed by atoms with E-state index < -0.39 is 0 Å². The molecule has 0 atom stereocenters. The summed E-state index contributed by atoms with van der Waals surface area (Å²) in [6, 6.07) is 6.19. The number of anilines is 1. The molecule has 4 nitrogen and oxygen atoms in total. The van der Waals surface area contributed by atoms with E-state index >= 15 is 0 Å². The van der Waals surface area contributed by atoms with Gasteiger partial charge in [0, 0.05) is 36.4 Å². The lowest BCUT2D eigenvalue weighted by Gasteiger charge is -2.13. The highest BCUT2D eigenvalue weighted by Gasteiger charge is 2.15. The summed E-state index contributed by atoms with van der Waals surface area (Å²) in [4.78, 5) is 19.5. The van der Waals surface area contributed by atoms with Gasteiger partial charge >= 0.3 is 0 Å². The summed E-state index contributed by atoms with van der Waals surface area (Å²) >= 11 is 1.56. The van der Waals surface area contributed by atoms with Crippen LogP contribution in [0.25, 0.3) is 20.3 Å². The van der Waals surface area contributed by atoms with E-state index in [1.807, 2.05) is 20.2 Å². The highest BCUT2D eigenvalue weighted by molar-refractivity contribution is 7.25. The first-order valence-corrected chi connectivity index (χ1v) is 9.53. The molecule has 0 aliphatic rings. The summed E-state index contributed by atoms with van der Waals surface area (Å²) in [7, 11) is 4.05. The van der Waals surface area contributed by atoms with Crippen molar-refractivity contribution >= 4 is 37.3 Å². The number of fused-ring (bicyclic) bond motifs is 3. The van der Waals surface area contributed by atoms with Crippen molar-refractivity contribution in [3.63, 3.8) is 0 Å². The van der Waals surface area contributed by atoms with E-state index in [-0.39, 0.29) is 5.56 Å². The minimum absolute atomic E-state index is 0.0985. The van der Waals surface area contributed by atoms with Crippen LogP contribution in [-0.2, 0) is 6.54 Å². The fraction of sp³-hybridized carbons (Fsp3) is 0.474. The molecule has 0 aliphatic heterocycles. The van der Waals surface area contributed by atoms with E-state index in [1.165, 1.54) is 25.7 Å². The van der Waals surface area contributed by atoms with Crippen molar-refractivity contribution in [1.82, 2.24) is 9.55 Å². The highest BCUT2D eigenvalue weighted by atomic mass is 32.1. The summed E-state index contributed by atoms with van der Waals surface area (Å²) in [6.45, 7) is 2.98. The smallest absolute Gasteiger partial charge is 0.271 e. The first kappa shape index (κ1) is 17.0. The molecule has 24 heavy (non-hydrogen) atoms. The van der Waals surface area contributed by atoms with Crippen LogP contribution in [-0.4, -0.2) is 23.6 Å². The molecule has 128 valence electrons. The molecule has 0 radical (unpaired) electrons. The van der Waals surface area contributed by atoms with E-state index in [9.17, 15) is 4.79 Å². The van der Waals surface area contributed by atoms with Gasteiger partial charge < -0.3 is 4.90 Å². The highest BCUT2D eigenvalue weighted by Crippen LogP contribution is 2.36. The molecule has 1 aromatic carbocycles. The molecule has 0 spiro atoms. The Hall–Kier alpha value is -1.88. The molecule has 0 aliphatic carbocycles. The van der Waals surface area contributed by atoms with Gasteiger partial charge in [-0.2, -0.15) is 0 Å². The SMILES string of the molecule is CCCCCCCn1cnc2c(sc3cccc(N(C)C)c32)c1=O. The van der Waals surface area contributed by atoms with Crippen LogP contribution in [0, 0.1) is 0 Å². The molecule has 0 unspecified atom stereocenters. The Morgan fingerprint density at radius 3 is 2.71 bits per heavy atom. The van der Waals surface area contributed by atoms with Crippen LogP contribution in [0.2, 0.25) is 0 Å². The maximum absolute atomic E-state index is 12.8. The molecule has 0 N–H and O–H groups in total. The first-order valence-electron chi connectivity index (χ1n) is 8.71. The van der Waals surface area contributed by atoms with Crippen LogP contribution in [0.5, 0.6) is 0 Å². The number of rotatable bonds is 7. The molecule has 5 heteroatoms. The van der Waals surface area contributed by atoms with Crippen LogP contribution >= 0.6 is 11.3 Å². The number of thiophene rings is 1. The molecule has 0 saturated heterocycles. The summed E-state index contributed by atoms with van der Waals surface area (Å²) in [5.41, 5.74) is 2.05. The number of unbranched alkanes of at least 4 members (excludes halogenated alkanes) is 4. The van der Waals surface area contributed by atoms with Crippen molar-refractivity contribution in [3.8, 4) is 0 Å². The first-order chi connectivity index (χ1) is 11.6. The lowest BCUT2D eigenvalue weighted by Crippen LogP contribution is -2.19. The lowest BCUT2D eigenvalue weighted by atomic mass is 10.1. The maximum atomic E-state index is 12.8. The van der Waals surface area contributed by atoms with Crippen molar-refractivity contribution in [2.24, 2.45) is 0 Å². The zero-order valence-corrected chi connectivity index (χ0v) is 15.5. The zero-order valence-electron chi connectivity index (χ0n) is 14.7. The average Bonchev–Trinajstić information content (AvgIpc) is 2.96. The molecule has 3 rings (SSSR count). The Balaban J connectivity index is 1.96. The zero-order chi connectivity index (χ0) is 17.1. The van der Waals surface area contributed by atoms with Crippen molar-refractivity contribution in [2.75, 3.05) is 19.0 Å². The van der Waals surface area contributed by atoms with Crippen molar-refractivity contribution in [3.05, 3.63) is 34.9 Å². The van der Waals surface area contributed by atoms with E-state index in [1.54, 1.807) is 22.2 Å². The minimum Gasteiger partial charge on any atom is -0.377 e. The minimum atomic E-state index is 0.0985. The summed E-state index contributed by atoms with van der Waals surface area (Å²) in [6.07, 6.45) is 7.70.